The Balaban J connectivity index is 2.56. The summed E-state index contributed by atoms with van der Waals surface area (Å²) < 4.78 is 129. The van der Waals surface area contributed by atoms with Crippen LogP contribution in [0.15, 0.2) is 35.3 Å². The quantitative estimate of drug-likeness (QED) is 0.145. The fourth-order valence-electron chi connectivity index (χ4n) is 3.03. The highest BCUT2D eigenvalue weighted by Crippen LogP contribution is 2.48. The molecule has 39 heavy (non-hydrogen) atoms. The van der Waals surface area contributed by atoms with E-state index in [2.05, 4.69) is 28.7 Å². The molecule has 1 unspecified atom stereocenters. The average molecular weight is 614 g/mol. The molecule has 1 aromatic carbocycles. The zero-order chi connectivity index (χ0) is 29.9. The molecule has 17 heteroatoms. The van der Waals surface area contributed by atoms with Crippen LogP contribution in [0.3, 0.4) is 0 Å². The summed E-state index contributed by atoms with van der Waals surface area (Å²) in [5.41, 5.74) is -3.48. The molecule has 0 N–H and O–H groups in total. The molecule has 1 saturated heterocycles. The van der Waals surface area contributed by atoms with E-state index in [1.54, 1.807) is 13.8 Å². The summed E-state index contributed by atoms with van der Waals surface area (Å²) in [4.78, 5) is 25.2. The van der Waals surface area contributed by atoms with Crippen molar-refractivity contribution in [2.45, 2.75) is 43.9 Å². The Kier molecular flexibility index (Phi) is 10.2. The molecule has 1 aromatic rings. The number of amides is 1. The minimum Gasteiger partial charge on any atom is -0.465 e. The second-order valence-electron chi connectivity index (χ2n) is 8.21. The molecule has 1 heterocycles. The van der Waals surface area contributed by atoms with E-state index in [-0.39, 0.29) is 31.6 Å². The second kappa shape index (κ2) is 12.2. The fraction of sp³-hybridized carbons (Fsp3) is 0.455. The molecule has 1 atom stereocenters. The maximum absolute atomic E-state index is 13.7. The Labute approximate surface area is 225 Å². The van der Waals surface area contributed by atoms with Gasteiger partial charge in [0.1, 0.15) is 4.71 Å². The molecule has 0 spiro atoms. The molecule has 0 saturated carbocycles. The van der Waals surface area contributed by atoms with E-state index < -0.39 is 68.6 Å². The summed E-state index contributed by atoms with van der Waals surface area (Å²) in [5.74, 6) is -4.88. The van der Waals surface area contributed by atoms with Crippen molar-refractivity contribution >= 4 is 41.8 Å². The highest BCUT2D eigenvalue weighted by molar-refractivity contribution is 8.14. The van der Waals surface area contributed by atoms with Gasteiger partial charge in [0.2, 0.25) is 0 Å². The summed E-state index contributed by atoms with van der Waals surface area (Å²) in [5, 5.41) is 0. The number of thiol groups is 1. The third-order valence-corrected chi connectivity index (χ3v) is 6.31. The molecule has 1 aliphatic heterocycles. The molecule has 1 aliphatic rings. The first-order valence-electron chi connectivity index (χ1n) is 10.7. The van der Waals surface area contributed by atoms with Crippen LogP contribution in [0.2, 0.25) is 0 Å². The molecular formula is C22H20F9NO5S2. The minimum absolute atomic E-state index is 0.0140. The first-order chi connectivity index (χ1) is 17.7. The number of benzene rings is 1. The van der Waals surface area contributed by atoms with Crippen LogP contribution in [0.1, 0.15) is 25.8 Å². The summed E-state index contributed by atoms with van der Waals surface area (Å²) in [6.45, 7) is 6.20. The summed E-state index contributed by atoms with van der Waals surface area (Å²) >= 11 is 4.60. The lowest BCUT2D eigenvalue weighted by molar-refractivity contribution is -0.287. The number of nitrogens with zero attached hydrogens (tertiary/aromatic N) is 1. The normalized spacial score (nSPS) is 17.9. The molecular weight excluding hydrogens is 593 g/mol. The molecule has 0 radical (unpaired) electrons. The lowest BCUT2D eigenvalue weighted by Crippen LogP contribution is -2.32. The minimum atomic E-state index is -5.55. The first kappa shape index (κ1) is 32.5. The van der Waals surface area contributed by atoms with Crippen LogP contribution in [0.4, 0.5) is 39.5 Å². The van der Waals surface area contributed by atoms with E-state index in [1.807, 2.05) is 0 Å². The number of esters is 1. The van der Waals surface area contributed by atoms with Gasteiger partial charge in [-0.15, -0.1) is 39.0 Å². The number of hydrogen-bond acceptors (Lipinski definition) is 7. The van der Waals surface area contributed by atoms with Gasteiger partial charge in [0.05, 0.1) is 23.5 Å². The summed E-state index contributed by atoms with van der Waals surface area (Å²) in [6, 6.07) is 1.09. The molecule has 218 valence electrons. The van der Waals surface area contributed by atoms with Gasteiger partial charge >= 0.3 is 24.9 Å². The Hall–Kier alpha value is -2.69. The zero-order valence-corrected chi connectivity index (χ0v) is 21.7. The van der Waals surface area contributed by atoms with Crippen molar-refractivity contribution in [2.24, 2.45) is 5.92 Å². The van der Waals surface area contributed by atoms with E-state index in [4.69, 9.17) is 4.74 Å². The molecule has 0 bridgehead atoms. The Bertz CT molecular complexity index is 1130. The van der Waals surface area contributed by atoms with Gasteiger partial charge in [-0.3, -0.25) is 9.59 Å². The van der Waals surface area contributed by atoms with Crippen molar-refractivity contribution < 1.29 is 63.3 Å². The van der Waals surface area contributed by atoms with E-state index in [1.165, 1.54) is 0 Å². The summed E-state index contributed by atoms with van der Waals surface area (Å²) in [6.07, 6.45) is -16.6. The lowest BCUT2D eigenvalue weighted by atomic mass is 9.97. The molecule has 2 rings (SSSR count). The SMILES string of the molecule is C=C(/C(=C1\SC(S)N(CCC(=O)OCC(C)C)C1=O)c1ccc(OC(F)(F)F)c(OC(F)(F)F)c1)C(F)(F)F. The number of ether oxygens (including phenoxy) is 3. The maximum atomic E-state index is 13.7. The van der Waals surface area contributed by atoms with Crippen molar-refractivity contribution in [1.29, 1.82) is 0 Å². The topological polar surface area (TPSA) is 65.1 Å². The summed E-state index contributed by atoms with van der Waals surface area (Å²) in [7, 11) is 0. The van der Waals surface area contributed by atoms with Crippen molar-refractivity contribution in [3.05, 3.63) is 40.8 Å². The first-order valence-corrected chi connectivity index (χ1v) is 12.1. The third-order valence-electron chi connectivity index (χ3n) is 4.63. The van der Waals surface area contributed by atoms with Crippen molar-refractivity contribution in [1.82, 2.24) is 4.90 Å². The van der Waals surface area contributed by atoms with Gasteiger partial charge < -0.3 is 19.1 Å². The van der Waals surface area contributed by atoms with Crippen LogP contribution in [0.5, 0.6) is 11.5 Å². The van der Waals surface area contributed by atoms with Crippen LogP contribution in [-0.4, -0.2) is 53.5 Å². The van der Waals surface area contributed by atoms with Gasteiger partial charge in [0.25, 0.3) is 5.91 Å². The monoisotopic (exact) mass is 613 g/mol. The molecule has 1 fully saturated rings. The number of halogens is 9. The van der Waals surface area contributed by atoms with Crippen molar-refractivity contribution in [2.75, 3.05) is 13.2 Å². The highest BCUT2D eigenvalue weighted by atomic mass is 32.2. The standard InChI is InChI=1S/C22H20F9NO5S2/c1-10(2)9-35-15(33)6-7-32-18(34)17(39-19(32)38)16(11(3)20(23,24)25)12-4-5-13(36-21(26,27)28)14(8-12)37-22(29,30)31/h4-5,8,10,19,38H,3,6-7,9H2,1-2H3/b17-16+. The second-order valence-corrected chi connectivity index (χ2v) is 10.1. The van der Waals surface area contributed by atoms with Gasteiger partial charge in [-0.1, -0.05) is 38.3 Å². The number of thioether (sulfide) groups is 1. The van der Waals surface area contributed by atoms with Gasteiger partial charge in [-0.2, -0.15) is 13.2 Å². The Morgan fingerprint density at radius 1 is 1.05 bits per heavy atom. The molecule has 6 nitrogen and oxygen atoms in total. The van der Waals surface area contributed by atoms with Crippen molar-refractivity contribution in [3.8, 4) is 11.5 Å². The van der Waals surface area contributed by atoms with Crippen LogP contribution >= 0.6 is 24.4 Å². The molecule has 0 aliphatic carbocycles. The average Bonchev–Trinajstić information content (AvgIpc) is 3.03. The van der Waals surface area contributed by atoms with Crippen LogP contribution in [0.25, 0.3) is 5.57 Å². The maximum Gasteiger partial charge on any atom is 0.573 e. The highest BCUT2D eigenvalue weighted by Gasteiger charge is 2.43. The number of hydrogen-bond donors (Lipinski definition) is 1. The van der Waals surface area contributed by atoms with Crippen molar-refractivity contribution in [3.63, 3.8) is 0 Å². The van der Waals surface area contributed by atoms with Crippen LogP contribution < -0.4 is 9.47 Å². The van der Waals surface area contributed by atoms with E-state index >= 15 is 0 Å². The van der Waals surface area contributed by atoms with E-state index in [0.29, 0.717) is 23.9 Å². The Morgan fingerprint density at radius 3 is 2.13 bits per heavy atom. The van der Waals surface area contributed by atoms with Gasteiger partial charge in [0, 0.05) is 12.1 Å². The van der Waals surface area contributed by atoms with Crippen LogP contribution in [0, 0.1) is 5.92 Å². The molecule has 1 amide bonds. The Morgan fingerprint density at radius 2 is 1.62 bits per heavy atom. The smallest absolute Gasteiger partial charge is 0.465 e. The van der Waals surface area contributed by atoms with E-state index in [0.717, 1.165) is 4.90 Å². The third kappa shape index (κ3) is 9.47. The number of rotatable bonds is 9. The predicted octanol–water partition coefficient (Wildman–Crippen LogP) is 6.69. The zero-order valence-electron chi connectivity index (χ0n) is 20.0. The van der Waals surface area contributed by atoms with Gasteiger partial charge in [-0.05, 0) is 23.6 Å². The number of allylic oxidation sites excluding steroid dienone is 2. The largest absolute Gasteiger partial charge is 0.573 e. The number of carbonyl (C=O) groups excluding carboxylic acids is 2. The molecule has 0 aromatic heterocycles. The lowest BCUT2D eigenvalue weighted by Gasteiger charge is -2.20. The van der Waals surface area contributed by atoms with Gasteiger partial charge in [0.15, 0.2) is 11.5 Å². The fourth-order valence-corrected chi connectivity index (χ4v) is 4.69. The van der Waals surface area contributed by atoms with Crippen LogP contribution in [-0.2, 0) is 14.3 Å². The number of alkyl halides is 9. The number of carbonyl (C=O) groups is 2. The van der Waals surface area contributed by atoms with Gasteiger partial charge in [-0.25, -0.2) is 0 Å². The predicted molar refractivity (Wildman–Crippen MR) is 124 cm³/mol. The van der Waals surface area contributed by atoms with E-state index in [9.17, 15) is 49.1 Å².